The monoisotopic (exact) mass is 226 g/mol. The Morgan fingerprint density at radius 3 is 2.53 bits per heavy atom. The van der Waals surface area contributed by atoms with Gasteiger partial charge in [-0.2, -0.15) is 5.26 Å². The summed E-state index contributed by atoms with van der Waals surface area (Å²) in [5.74, 6) is 0.341. The second-order valence-corrected chi connectivity index (χ2v) is 5.22. The molecule has 1 aromatic heterocycles. The first-order valence-corrected chi connectivity index (χ1v) is 6.21. The van der Waals surface area contributed by atoms with E-state index >= 15 is 0 Å². The number of hydrogen-bond acceptors (Lipinski definition) is 6. The van der Waals surface area contributed by atoms with Crippen LogP contribution in [0.5, 0.6) is 0 Å². The van der Waals surface area contributed by atoms with E-state index in [0.29, 0.717) is 11.5 Å². The van der Waals surface area contributed by atoms with Crippen LogP contribution in [-0.2, 0) is 9.84 Å². The van der Waals surface area contributed by atoms with E-state index in [0.717, 1.165) is 6.26 Å². The van der Waals surface area contributed by atoms with Crippen LogP contribution in [-0.4, -0.2) is 36.9 Å². The summed E-state index contributed by atoms with van der Waals surface area (Å²) >= 11 is 0. The number of hydrogen-bond donors (Lipinski definition) is 1. The number of nitrogens with one attached hydrogen (secondary N) is 1. The fraction of sp³-hybridized carbons (Fsp3) is 0.375. The van der Waals surface area contributed by atoms with Crippen LogP contribution in [0.25, 0.3) is 0 Å². The van der Waals surface area contributed by atoms with Crippen LogP contribution in [0.3, 0.4) is 0 Å². The fourth-order valence-electron chi connectivity index (χ4n) is 0.825. The van der Waals surface area contributed by atoms with Gasteiger partial charge in [0.05, 0.1) is 23.7 Å². The van der Waals surface area contributed by atoms with Crippen LogP contribution >= 0.6 is 0 Å². The number of rotatable bonds is 4. The molecule has 80 valence electrons. The van der Waals surface area contributed by atoms with Crippen LogP contribution in [0.1, 0.15) is 5.56 Å². The van der Waals surface area contributed by atoms with Crippen LogP contribution in [0.4, 0.5) is 5.95 Å². The van der Waals surface area contributed by atoms with Crippen molar-refractivity contribution in [1.29, 1.82) is 5.26 Å². The molecule has 0 aliphatic carbocycles. The summed E-state index contributed by atoms with van der Waals surface area (Å²) in [7, 11) is -2.98. The van der Waals surface area contributed by atoms with Gasteiger partial charge >= 0.3 is 0 Å². The lowest BCUT2D eigenvalue weighted by atomic mass is 10.4. The van der Waals surface area contributed by atoms with E-state index in [-0.39, 0.29) is 12.3 Å². The molecule has 0 fully saturated rings. The standard InChI is InChI=1S/C8H10N4O2S/c1-15(13,14)3-2-10-8-11-5-7(4-9)6-12-8/h5-6H,2-3H2,1H3,(H,10,11,12). The van der Waals surface area contributed by atoms with Gasteiger partial charge in [0.25, 0.3) is 0 Å². The average Bonchev–Trinajstić information content (AvgIpc) is 2.17. The normalized spacial score (nSPS) is 10.7. The molecule has 0 amide bonds. The molecular weight excluding hydrogens is 216 g/mol. The summed E-state index contributed by atoms with van der Waals surface area (Å²) in [6, 6.07) is 1.89. The number of nitriles is 1. The van der Waals surface area contributed by atoms with Crippen molar-refractivity contribution in [2.75, 3.05) is 23.9 Å². The van der Waals surface area contributed by atoms with Crippen molar-refractivity contribution in [3.05, 3.63) is 18.0 Å². The van der Waals surface area contributed by atoms with Crippen molar-refractivity contribution in [3.8, 4) is 6.07 Å². The van der Waals surface area contributed by atoms with E-state index < -0.39 is 9.84 Å². The molecule has 1 heterocycles. The average molecular weight is 226 g/mol. The first kappa shape index (κ1) is 11.4. The lowest BCUT2D eigenvalue weighted by Crippen LogP contribution is -2.15. The molecule has 0 atom stereocenters. The molecule has 0 aliphatic heterocycles. The van der Waals surface area contributed by atoms with Crippen molar-refractivity contribution in [2.24, 2.45) is 0 Å². The second kappa shape index (κ2) is 4.70. The third-order valence-corrected chi connectivity index (χ3v) is 2.48. The fourth-order valence-corrected chi connectivity index (χ4v) is 1.30. The Bertz CT molecular complexity index is 460. The molecule has 0 unspecified atom stereocenters. The topological polar surface area (TPSA) is 95.7 Å². The predicted octanol–water partition coefficient (Wildman–Crippen LogP) is -0.195. The molecule has 1 N–H and O–H groups in total. The summed E-state index contributed by atoms with van der Waals surface area (Å²) < 4.78 is 21.6. The van der Waals surface area contributed by atoms with Crippen LogP contribution in [0.15, 0.2) is 12.4 Å². The Kier molecular flexibility index (Phi) is 3.57. The van der Waals surface area contributed by atoms with Crippen molar-refractivity contribution < 1.29 is 8.42 Å². The maximum Gasteiger partial charge on any atom is 0.222 e. The third-order valence-electron chi connectivity index (χ3n) is 1.54. The van der Waals surface area contributed by atoms with Gasteiger partial charge in [0, 0.05) is 12.8 Å². The molecule has 1 aromatic rings. The Morgan fingerprint density at radius 2 is 2.07 bits per heavy atom. The minimum Gasteiger partial charge on any atom is -0.353 e. The molecule has 0 bridgehead atoms. The van der Waals surface area contributed by atoms with Crippen LogP contribution in [0, 0.1) is 11.3 Å². The Morgan fingerprint density at radius 1 is 1.47 bits per heavy atom. The smallest absolute Gasteiger partial charge is 0.222 e. The van der Waals surface area contributed by atoms with E-state index in [1.165, 1.54) is 12.4 Å². The van der Waals surface area contributed by atoms with Crippen molar-refractivity contribution in [2.45, 2.75) is 0 Å². The molecule has 0 aliphatic rings. The molecule has 0 radical (unpaired) electrons. The lowest BCUT2D eigenvalue weighted by Gasteiger charge is -2.02. The molecule has 0 aromatic carbocycles. The SMILES string of the molecule is CS(=O)(=O)CCNc1ncc(C#N)cn1. The molecule has 0 saturated carbocycles. The maximum absolute atomic E-state index is 10.8. The van der Waals surface area contributed by atoms with Gasteiger partial charge in [-0.25, -0.2) is 18.4 Å². The third kappa shape index (κ3) is 4.37. The lowest BCUT2D eigenvalue weighted by molar-refractivity contribution is 0.602. The highest BCUT2D eigenvalue weighted by molar-refractivity contribution is 7.90. The maximum atomic E-state index is 10.8. The summed E-state index contributed by atoms with van der Waals surface area (Å²) in [4.78, 5) is 7.66. The second-order valence-electron chi connectivity index (χ2n) is 2.96. The molecule has 6 nitrogen and oxygen atoms in total. The minimum atomic E-state index is -2.98. The van der Waals surface area contributed by atoms with Gasteiger partial charge < -0.3 is 5.32 Å². The zero-order valence-electron chi connectivity index (χ0n) is 8.14. The van der Waals surface area contributed by atoms with Gasteiger partial charge in [0.15, 0.2) is 0 Å². The van der Waals surface area contributed by atoms with Gasteiger partial charge in [-0.05, 0) is 0 Å². The van der Waals surface area contributed by atoms with Gasteiger partial charge in [0.1, 0.15) is 15.9 Å². The van der Waals surface area contributed by atoms with Crippen molar-refractivity contribution >= 4 is 15.8 Å². The van der Waals surface area contributed by atoms with E-state index in [9.17, 15) is 8.42 Å². The van der Waals surface area contributed by atoms with Crippen LogP contribution < -0.4 is 5.32 Å². The largest absolute Gasteiger partial charge is 0.353 e. The highest BCUT2D eigenvalue weighted by Gasteiger charge is 2.02. The summed E-state index contributed by atoms with van der Waals surface area (Å²) in [5.41, 5.74) is 0.365. The summed E-state index contributed by atoms with van der Waals surface area (Å²) in [6.07, 6.45) is 3.90. The zero-order valence-corrected chi connectivity index (χ0v) is 8.95. The zero-order chi connectivity index (χ0) is 11.3. The van der Waals surface area contributed by atoms with Crippen molar-refractivity contribution in [1.82, 2.24) is 9.97 Å². The minimum absolute atomic E-state index is 0.0242. The molecule has 7 heteroatoms. The van der Waals surface area contributed by atoms with Crippen LogP contribution in [0.2, 0.25) is 0 Å². The Labute approximate surface area is 87.9 Å². The molecule has 15 heavy (non-hydrogen) atoms. The van der Waals surface area contributed by atoms with Gasteiger partial charge in [0.2, 0.25) is 5.95 Å². The molecule has 0 saturated heterocycles. The van der Waals surface area contributed by atoms with Gasteiger partial charge in [-0.3, -0.25) is 0 Å². The van der Waals surface area contributed by atoms with Crippen molar-refractivity contribution in [3.63, 3.8) is 0 Å². The van der Waals surface area contributed by atoms with E-state index in [2.05, 4.69) is 15.3 Å². The summed E-state index contributed by atoms with van der Waals surface area (Å²) in [5, 5.41) is 11.2. The first-order chi connectivity index (χ1) is 7.01. The molecule has 0 spiro atoms. The number of nitrogens with zero attached hydrogens (tertiary/aromatic N) is 3. The Balaban J connectivity index is 2.49. The highest BCUT2D eigenvalue weighted by Crippen LogP contribution is 1.98. The van der Waals surface area contributed by atoms with E-state index in [1.807, 2.05) is 6.07 Å². The first-order valence-electron chi connectivity index (χ1n) is 4.15. The summed E-state index contributed by atoms with van der Waals surface area (Å²) in [6.45, 7) is 0.255. The predicted molar refractivity (Wildman–Crippen MR) is 54.9 cm³/mol. The number of anilines is 1. The van der Waals surface area contributed by atoms with E-state index in [1.54, 1.807) is 0 Å². The highest BCUT2D eigenvalue weighted by atomic mass is 32.2. The van der Waals surface area contributed by atoms with Gasteiger partial charge in [-0.15, -0.1) is 0 Å². The number of aromatic nitrogens is 2. The van der Waals surface area contributed by atoms with E-state index in [4.69, 9.17) is 5.26 Å². The Hall–Kier alpha value is -1.68. The molecular formula is C8H10N4O2S. The molecule has 1 rings (SSSR count). The van der Waals surface area contributed by atoms with Gasteiger partial charge in [-0.1, -0.05) is 0 Å². The quantitative estimate of drug-likeness (QED) is 0.764. The number of sulfone groups is 1.